The summed E-state index contributed by atoms with van der Waals surface area (Å²) in [6.45, 7) is 0. The predicted molar refractivity (Wildman–Crippen MR) is 46.1 cm³/mol. The maximum Gasteiger partial charge on any atom is 0.115 e. The minimum Gasteiger partial charge on any atom is -0.508 e. The number of anilines is 1. The second-order valence-electron chi connectivity index (χ2n) is 2.08. The molecule has 0 aliphatic carbocycles. The maximum atomic E-state index is 8.92. The zero-order valence-corrected chi connectivity index (χ0v) is 6.28. The Kier molecular flexibility index (Phi) is 2.49. The van der Waals surface area contributed by atoms with Gasteiger partial charge in [-0.3, -0.25) is 4.99 Å². The molecule has 0 atom stereocenters. The normalized spacial score (nSPS) is 10.3. The van der Waals surface area contributed by atoms with Crippen molar-refractivity contribution >= 4 is 12.0 Å². The van der Waals surface area contributed by atoms with Crippen LogP contribution in [0.4, 0.5) is 5.69 Å². The first-order valence-corrected chi connectivity index (χ1v) is 3.29. The van der Waals surface area contributed by atoms with Gasteiger partial charge in [-0.2, -0.15) is 0 Å². The number of benzene rings is 1. The molecule has 1 rings (SSSR count). The van der Waals surface area contributed by atoms with Crippen LogP contribution in [0.2, 0.25) is 0 Å². The highest BCUT2D eigenvalue weighted by Gasteiger charge is 1.87. The number of hydrogen-bond donors (Lipinski definition) is 2. The van der Waals surface area contributed by atoms with Crippen LogP contribution >= 0.6 is 0 Å². The van der Waals surface area contributed by atoms with E-state index in [1.54, 1.807) is 37.7 Å². The average molecular weight is 150 g/mol. The molecule has 0 radical (unpaired) electrons. The Balaban J connectivity index is 2.66. The Hall–Kier alpha value is -1.51. The molecule has 0 spiro atoms. The second kappa shape index (κ2) is 3.61. The van der Waals surface area contributed by atoms with Gasteiger partial charge in [-0.25, -0.2) is 0 Å². The third-order valence-corrected chi connectivity index (χ3v) is 1.23. The number of phenols is 1. The highest BCUT2D eigenvalue weighted by atomic mass is 16.3. The molecule has 0 amide bonds. The van der Waals surface area contributed by atoms with E-state index in [1.807, 2.05) is 0 Å². The molecule has 0 fully saturated rings. The van der Waals surface area contributed by atoms with Crippen LogP contribution in [0.3, 0.4) is 0 Å². The van der Waals surface area contributed by atoms with Crippen LogP contribution in [0.1, 0.15) is 0 Å². The first kappa shape index (κ1) is 7.60. The third-order valence-electron chi connectivity index (χ3n) is 1.23. The molecule has 2 N–H and O–H groups in total. The highest BCUT2D eigenvalue weighted by Crippen LogP contribution is 2.12. The smallest absolute Gasteiger partial charge is 0.115 e. The van der Waals surface area contributed by atoms with Crippen LogP contribution in [0.25, 0.3) is 0 Å². The lowest BCUT2D eigenvalue weighted by Crippen LogP contribution is -1.92. The van der Waals surface area contributed by atoms with Crippen molar-refractivity contribution in [3.63, 3.8) is 0 Å². The van der Waals surface area contributed by atoms with Crippen molar-refractivity contribution in [3.05, 3.63) is 24.3 Å². The van der Waals surface area contributed by atoms with Crippen molar-refractivity contribution in [3.8, 4) is 5.75 Å². The fourth-order valence-corrected chi connectivity index (χ4v) is 0.697. The molecular weight excluding hydrogens is 140 g/mol. The predicted octanol–water partition coefficient (Wildman–Crippen LogP) is 1.46. The molecule has 1 aromatic rings. The standard InChI is InChI=1S/C8H10N2O/c1-9-6-10-7-2-4-8(11)5-3-7/h2-6,11H,1H3,(H,9,10). The van der Waals surface area contributed by atoms with Gasteiger partial charge in [-0.1, -0.05) is 0 Å². The zero-order valence-electron chi connectivity index (χ0n) is 6.28. The lowest BCUT2D eigenvalue weighted by atomic mass is 10.3. The summed E-state index contributed by atoms with van der Waals surface area (Å²) in [5.41, 5.74) is 0.911. The Morgan fingerprint density at radius 1 is 1.36 bits per heavy atom. The Bertz CT molecular complexity index is 241. The van der Waals surface area contributed by atoms with Gasteiger partial charge in [0.25, 0.3) is 0 Å². The third kappa shape index (κ3) is 2.29. The van der Waals surface area contributed by atoms with Gasteiger partial charge in [-0.15, -0.1) is 0 Å². The first-order valence-electron chi connectivity index (χ1n) is 3.29. The Morgan fingerprint density at radius 3 is 2.55 bits per heavy atom. The summed E-state index contributed by atoms with van der Waals surface area (Å²) in [5, 5.41) is 11.8. The van der Waals surface area contributed by atoms with E-state index in [0.29, 0.717) is 0 Å². The number of aliphatic imine (C=N–C) groups is 1. The summed E-state index contributed by atoms with van der Waals surface area (Å²) in [4.78, 5) is 3.75. The summed E-state index contributed by atoms with van der Waals surface area (Å²) in [5.74, 6) is 0.268. The molecule has 0 unspecified atom stereocenters. The SMILES string of the molecule is CN=CNc1ccc(O)cc1. The Labute approximate surface area is 65.4 Å². The number of nitrogens with one attached hydrogen (secondary N) is 1. The van der Waals surface area contributed by atoms with Crippen LogP contribution in [0, 0.1) is 0 Å². The molecule has 0 heterocycles. The van der Waals surface area contributed by atoms with E-state index in [1.165, 1.54) is 0 Å². The largest absolute Gasteiger partial charge is 0.508 e. The van der Waals surface area contributed by atoms with Gasteiger partial charge in [0.15, 0.2) is 0 Å². The van der Waals surface area contributed by atoms with Crippen LogP contribution in [0.5, 0.6) is 5.75 Å². The second-order valence-corrected chi connectivity index (χ2v) is 2.08. The fourth-order valence-electron chi connectivity index (χ4n) is 0.697. The molecule has 0 bridgehead atoms. The molecular formula is C8H10N2O. The van der Waals surface area contributed by atoms with Gasteiger partial charge >= 0.3 is 0 Å². The minimum absolute atomic E-state index is 0.268. The van der Waals surface area contributed by atoms with Crippen molar-refractivity contribution < 1.29 is 5.11 Å². The van der Waals surface area contributed by atoms with Gasteiger partial charge in [0, 0.05) is 12.7 Å². The summed E-state index contributed by atoms with van der Waals surface area (Å²) < 4.78 is 0. The number of rotatable bonds is 2. The molecule has 0 aliphatic rings. The fraction of sp³-hybridized carbons (Fsp3) is 0.125. The van der Waals surface area contributed by atoms with Crippen molar-refractivity contribution in [1.82, 2.24) is 0 Å². The molecule has 58 valence electrons. The van der Waals surface area contributed by atoms with E-state index in [-0.39, 0.29) is 5.75 Å². The topological polar surface area (TPSA) is 44.6 Å². The van der Waals surface area contributed by atoms with Crippen LogP contribution in [0.15, 0.2) is 29.3 Å². The lowest BCUT2D eigenvalue weighted by Gasteiger charge is -1.98. The van der Waals surface area contributed by atoms with Gasteiger partial charge in [0.1, 0.15) is 5.75 Å². The average Bonchev–Trinajstić information content (AvgIpc) is 2.04. The van der Waals surface area contributed by atoms with E-state index < -0.39 is 0 Å². The molecule has 0 saturated carbocycles. The molecule has 3 heteroatoms. The van der Waals surface area contributed by atoms with Gasteiger partial charge in [0.2, 0.25) is 0 Å². The summed E-state index contributed by atoms with van der Waals surface area (Å²) in [6, 6.07) is 6.78. The van der Waals surface area contributed by atoms with E-state index in [4.69, 9.17) is 5.11 Å². The summed E-state index contributed by atoms with van der Waals surface area (Å²) >= 11 is 0. The van der Waals surface area contributed by atoms with Crippen LogP contribution in [-0.4, -0.2) is 18.5 Å². The Morgan fingerprint density at radius 2 is 2.00 bits per heavy atom. The van der Waals surface area contributed by atoms with E-state index in [2.05, 4.69) is 10.3 Å². The number of nitrogens with zero attached hydrogens (tertiary/aromatic N) is 1. The number of aromatic hydroxyl groups is 1. The quantitative estimate of drug-likeness (QED) is 0.381. The summed E-state index contributed by atoms with van der Waals surface area (Å²) in [6.07, 6.45) is 1.59. The van der Waals surface area contributed by atoms with E-state index >= 15 is 0 Å². The van der Waals surface area contributed by atoms with Crippen molar-refractivity contribution in [1.29, 1.82) is 0 Å². The monoisotopic (exact) mass is 150 g/mol. The molecule has 3 nitrogen and oxygen atoms in total. The van der Waals surface area contributed by atoms with Crippen molar-refractivity contribution in [2.75, 3.05) is 12.4 Å². The zero-order chi connectivity index (χ0) is 8.10. The van der Waals surface area contributed by atoms with Crippen molar-refractivity contribution in [2.45, 2.75) is 0 Å². The first-order chi connectivity index (χ1) is 5.33. The number of hydrogen-bond acceptors (Lipinski definition) is 2. The maximum absolute atomic E-state index is 8.92. The van der Waals surface area contributed by atoms with Crippen LogP contribution < -0.4 is 5.32 Å². The van der Waals surface area contributed by atoms with Gasteiger partial charge < -0.3 is 10.4 Å². The van der Waals surface area contributed by atoms with Crippen molar-refractivity contribution in [2.24, 2.45) is 4.99 Å². The molecule has 0 aromatic heterocycles. The highest BCUT2D eigenvalue weighted by molar-refractivity contribution is 5.75. The van der Waals surface area contributed by atoms with Crippen LogP contribution in [-0.2, 0) is 0 Å². The number of phenolic OH excluding ortho intramolecular Hbond substituents is 1. The molecule has 0 saturated heterocycles. The molecule has 11 heavy (non-hydrogen) atoms. The molecule has 1 aromatic carbocycles. The van der Waals surface area contributed by atoms with E-state index in [0.717, 1.165) is 5.69 Å². The summed E-state index contributed by atoms with van der Waals surface area (Å²) in [7, 11) is 1.69. The molecule has 0 aliphatic heterocycles. The van der Waals surface area contributed by atoms with E-state index in [9.17, 15) is 0 Å². The van der Waals surface area contributed by atoms with Gasteiger partial charge in [-0.05, 0) is 24.3 Å². The lowest BCUT2D eigenvalue weighted by molar-refractivity contribution is 0.475. The minimum atomic E-state index is 0.268. The van der Waals surface area contributed by atoms with Gasteiger partial charge in [0.05, 0.1) is 6.34 Å².